The minimum atomic E-state index is -4.57. The SMILES string of the molecule is CC(C)CN(C(=O)CCl)C(C(=O)NC1CCCCC1)c1cccs1.COc1ccc(N(C(=O)CBr)C(C(=O)NC2CCCCC2)c2cccs2)cc1.COc1ccc(N(C(=O)CCl)C(C(=O)NC2CCCCC2)c2cccs2)cc1.O=C(NC1CCCCC1)C(c1cccs1)N(C(=O)CBr)c1cccc(C(F)(F)F)c1.O=C(NC1CCCCC1)C(c1cccs1)N(C(=O)CCl)c1cccc(C(F)(F)F)c1. The van der Waals surface area contributed by atoms with Crippen LogP contribution in [0.3, 0.4) is 0 Å². The number of alkyl halides is 11. The lowest BCUT2D eigenvalue weighted by molar-refractivity contribution is -0.140. The van der Waals surface area contributed by atoms with Crippen molar-refractivity contribution < 1.29 is 83.8 Å². The summed E-state index contributed by atoms with van der Waals surface area (Å²) in [5.74, 6) is -2.10. The maximum absolute atomic E-state index is 13.3. The molecule has 0 saturated heterocycles. The average Bonchev–Trinajstić information content (AvgIpc) is 1.29. The summed E-state index contributed by atoms with van der Waals surface area (Å²) in [6.07, 6.45) is 17.1. The minimum Gasteiger partial charge on any atom is -0.497 e. The van der Waals surface area contributed by atoms with Crippen molar-refractivity contribution >= 4 is 205 Å². The number of anilines is 4. The van der Waals surface area contributed by atoms with E-state index in [9.17, 15) is 74.3 Å². The summed E-state index contributed by atoms with van der Waals surface area (Å²) >= 11 is 30.9. The minimum absolute atomic E-state index is 0.0103. The molecular formula is C102H121Br2Cl3F6N10O12S5. The number of hydrogen-bond donors (Lipinski definition) is 5. The summed E-state index contributed by atoms with van der Waals surface area (Å²) < 4.78 is 90.0. The van der Waals surface area contributed by atoms with Crippen LogP contribution < -0.4 is 55.7 Å². The molecule has 5 unspecified atom stereocenters. The van der Waals surface area contributed by atoms with Crippen LogP contribution in [-0.2, 0) is 60.3 Å². The Labute approximate surface area is 866 Å². The smallest absolute Gasteiger partial charge is 0.416 e. The van der Waals surface area contributed by atoms with Gasteiger partial charge in [-0.25, -0.2) is 0 Å². The summed E-state index contributed by atoms with van der Waals surface area (Å²) in [7, 11) is 3.19. The number of carbonyl (C=O) groups excluding carboxylic acids is 10. The average molecular weight is 2220 g/mol. The molecule has 5 aromatic heterocycles. The number of halogens is 11. The number of methoxy groups -OCH3 is 2. The third-order valence-corrected chi connectivity index (χ3v) is 30.8. The zero-order valence-corrected chi connectivity index (χ0v) is 88.0. The molecule has 140 heavy (non-hydrogen) atoms. The monoisotopic (exact) mass is 2210 g/mol. The van der Waals surface area contributed by atoms with E-state index in [0.717, 1.165) is 190 Å². The topological polar surface area (TPSA) is 266 Å². The van der Waals surface area contributed by atoms with Crippen molar-refractivity contribution in [2.45, 2.75) is 247 Å². The number of carbonyl (C=O) groups is 10. The molecule has 38 heteroatoms. The van der Waals surface area contributed by atoms with Crippen LogP contribution in [0.1, 0.15) is 240 Å². The second-order valence-electron chi connectivity index (χ2n) is 35.0. The van der Waals surface area contributed by atoms with Gasteiger partial charge in [-0.3, -0.25) is 67.5 Å². The number of rotatable bonds is 33. The number of benzene rings is 4. The van der Waals surface area contributed by atoms with Gasteiger partial charge in [0.15, 0.2) is 0 Å². The van der Waals surface area contributed by atoms with Crippen molar-refractivity contribution in [2.75, 3.05) is 68.7 Å². The van der Waals surface area contributed by atoms with E-state index in [4.69, 9.17) is 44.3 Å². The summed E-state index contributed by atoms with van der Waals surface area (Å²) in [4.78, 5) is 140. The second-order valence-corrected chi connectivity index (χ2v) is 41.8. The van der Waals surface area contributed by atoms with Crippen LogP contribution in [0.2, 0.25) is 0 Å². The highest BCUT2D eigenvalue weighted by atomic mass is 79.9. The molecule has 14 rings (SSSR count). The van der Waals surface area contributed by atoms with Crippen LogP contribution in [-0.4, -0.2) is 143 Å². The Bertz CT molecular complexity index is 5050. The molecular weight excluding hydrogens is 2100 g/mol. The summed E-state index contributed by atoms with van der Waals surface area (Å²) in [6, 6.07) is 38.0. The molecule has 9 aromatic rings. The molecule has 0 spiro atoms. The summed E-state index contributed by atoms with van der Waals surface area (Å²) in [6.45, 7) is 4.60. The molecule has 5 aliphatic rings. The first-order chi connectivity index (χ1) is 67.4. The Morgan fingerprint density at radius 3 is 0.807 bits per heavy atom. The van der Waals surface area contributed by atoms with Gasteiger partial charge in [-0.05, 0) is 212 Å². The van der Waals surface area contributed by atoms with E-state index in [0.29, 0.717) is 39.2 Å². The van der Waals surface area contributed by atoms with Crippen LogP contribution in [0, 0.1) is 5.92 Å². The molecule has 758 valence electrons. The van der Waals surface area contributed by atoms with E-state index in [1.165, 1.54) is 105 Å². The lowest BCUT2D eigenvalue weighted by atomic mass is 9.95. The lowest BCUT2D eigenvalue weighted by Gasteiger charge is -2.33. The summed E-state index contributed by atoms with van der Waals surface area (Å²) in [5, 5.41) is 24.9. The van der Waals surface area contributed by atoms with Gasteiger partial charge in [0, 0.05) is 83.9 Å². The van der Waals surface area contributed by atoms with Crippen molar-refractivity contribution in [1.82, 2.24) is 31.5 Å². The Hall–Kier alpha value is -8.91. The van der Waals surface area contributed by atoms with Crippen LogP contribution >= 0.6 is 123 Å². The first-order valence-electron chi connectivity index (χ1n) is 47.1. The molecule has 10 amide bonds. The highest BCUT2D eigenvalue weighted by molar-refractivity contribution is 9.09. The maximum atomic E-state index is 13.3. The number of hydrogen-bond acceptors (Lipinski definition) is 17. The van der Waals surface area contributed by atoms with Crippen LogP contribution in [0.5, 0.6) is 11.5 Å². The molecule has 5 N–H and O–H groups in total. The molecule has 5 aliphatic carbocycles. The molecule has 5 saturated carbocycles. The van der Waals surface area contributed by atoms with Gasteiger partial charge in [0.1, 0.15) is 59.3 Å². The third kappa shape index (κ3) is 33.3. The number of nitrogens with zero attached hydrogens (tertiary/aromatic N) is 5. The van der Waals surface area contributed by atoms with Gasteiger partial charge in [0.2, 0.25) is 59.1 Å². The summed E-state index contributed by atoms with van der Waals surface area (Å²) in [5.41, 5.74) is -0.472. The standard InChI is InChI=1S/C21H22BrF3N2O2S.C21H25BrN2O3S.C21H22ClF3N2O2S.C21H25ClN2O3S.C18H27ClN2O2S/c22-13-18(28)27(16-9-4-6-14(12-16)21(23,24)25)19(17-10-5-11-30-17)20(29)26-15-7-2-1-3-8-15;1-27-17-11-9-16(10-12-17)24(19(25)14-22)20(18-8-5-13-28-18)21(26)23-15-6-3-2-4-7-15;22-13-18(28)27(16-9-4-6-14(12-16)21(23,24)25)19(17-10-5-11-30-17)20(29)26-15-7-2-1-3-8-15;1-27-17-11-9-16(10-12-17)24(19(25)14-22)20(18-8-5-13-28-18)21(26)23-15-6-3-2-4-7-15;1-13(2)12-21(16(22)11-19)17(15-9-6-10-24-15)18(23)20-14-7-4-3-5-8-14/h4-6,9-12,15,19H,1-3,7-8,13H2,(H,26,29);5,8-13,15,20H,2-4,6-7,14H2,1H3,(H,23,26);4-6,9-12,15,19H,1-3,7-8,13H2,(H,26,29);5,8-13,15,20H,2-4,6-7,14H2,1H3,(H,23,26);6,9-10,13-14,17H,3-5,7-8,11-12H2,1-2H3,(H,20,23). The molecule has 0 radical (unpaired) electrons. The van der Waals surface area contributed by atoms with Crippen molar-refractivity contribution in [3.8, 4) is 11.5 Å². The van der Waals surface area contributed by atoms with Crippen molar-refractivity contribution in [3.05, 3.63) is 220 Å². The quantitative estimate of drug-likeness (QED) is 0.0190. The lowest BCUT2D eigenvalue weighted by Crippen LogP contribution is -2.48. The van der Waals surface area contributed by atoms with E-state index in [-0.39, 0.29) is 111 Å². The van der Waals surface area contributed by atoms with Crippen molar-refractivity contribution in [1.29, 1.82) is 0 Å². The van der Waals surface area contributed by atoms with E-state index < -0.39 is 77.3 Å². The molecule has 22 nitrogen and oxygen atoms in total. The van der Waals surface area contributed by atoms with E-state index in [1.54, 1.807) is 95.4 Å². The Kier molecular flexibility index (Phi) is 46.5. The zero-order valence-electron chi connectivity index (χ0n) is 78.5. The highest BCUT2D eigenvalue weighted by Crippen LogP contribution is 2.42. The fourth-order valence-corrected chi connectivity index (χ4v) is 22.8. The Balaban J connectivity index is 0.000000181. The first-order valence-corrected chi connectivity index (χ1v) is 55.4. The molecule has 5 fully saturated rings. The zero-order chi connectivity index (χ0) is 101. The van der Waals surface area contributed by atoms with Gasteiger partial charge in [-0.2, -0.15) is 26.3 Å². The van der Waals surface area contributed by atoms with E-state index in [2.05, 4.69) is 58.4 Å². The Morgan fingerprint density at radius 1 is 0.336 bits per heavy atom. The maximum Gasteiger partial charge on any atom is 0.416 e. The number of ether oxygens (including phenoxy) is 2. The fourth-order valence-electron chi connectivity index (χ4n) is 17.8. The second kappa shape index (κ2) is 57.5. The molecule has 0 bridgehead atoms. The van der Waals surface area contributed by atoms with E-state index in [1.807, 2.05) is 78.5 Å². The van der Waals surface area contributed by atoms with Gasteiger partial charge in [-0.15, -0.1) is 91.5 Å². The largest absolute Gasteiger partial charge is 0.497 e. The number of amides is 10. The van der Waals surface area contributed by atoms with Crippen molar-refractivity contribution in [2.24, 2.45) is 5.92 Å². The Morgan fingerprint density at radius 2 is 0.579 bits per heavy atom. The van der Waals surface area contributed by atoms with Crippen LogP contribution in [0.15, 0.2) is 185 Å². The van der Waals surface area contributed by atoms with Crippen LogP contribution in [0.4, 0.5) is 49.1 Å². The van der Waals surface area contributed by atoms with E-state index >= 15 is 0 Å². The highest BCUT2D eigenvalue weighted by Gasteiger charge is 2.43. The third-order valence-electron chi connectivity index (χ3n) is 24.5. The normalized spacial score (nSPS) is 16.1. The van der Waals surface area contributed by atoms with Crippen LogP contribution in [0.25, 0.3) is 0 Å². The molecule has 4 aromatic carbocycles. The number of thiophene rings is 5. The first kappa shape index (κ1) is 113. The fraction of sp³-hybridized carbons (Fsp3) is 0.471. The van der Waals surface area contributed by atoms with Gasteiger partial charge in [0.05, 0.1) is 36.0 Å². The van der Waals surface area contributed by atoms with Gasteiger partial charge in [-0.1, -0.05) is 184 Å². The molecule has 5 heterocycles. The van der Waals surface area contributed by atoms with Gasteiger partial charge in [0.25, 0.3) is 0 Å². The molecule has 0 aliphatic heterocycles. The predicted octanol–water partition coefficient (Wildman–Crippen LogP) is 24.4. The number of nitrogens with one attached hydrogen (secondary N) is 5. The van der Waals surface area contributed by atoms with Gasteiger partial charge >= 0.3 is 12.4 Å². The molecule has 5 atom stereocenters. The predicted molar refractivity (Wildman–Crippen MR) is 555 cm³/mol. The van der Waals surface area contributed by atoms with Gasteiger partial charge < -0.3 is 41.0 Å². The van der Waals surface area contributed by atoms with Crippen molar-refractivity contribution in [3.63, 3.8) is 0 Å².